The summed E-state index contributed by atoms with van der Waals surface area (Å²) in [6.45, 7) is 10.0. The van der Waals surface area contributed by atoms with Gasteiger partial charge in [0.05, 0.1) is 0 Å². The van der Waals surface area contributed by atoms with Crippen molar-refractivity contribution in [1.29, 1.82) is 0 Å². The molecular weight excluding hydrogens is 260 g/mol. The molecule has 1 aliphatic rings. The van der Waals surface area contributed by atoms with Crippen molar-refractivity contribution in [1.82, 2.24) is 19.2 Å². The maximum atomic E-state index is 5.54. The van der Waals surface area contributed by atoms with E-state index >= 15 is 0 Å². The number of hydrogen-bond donors (Lipinski definition) is 2. The minimum atomic E-state index is 0.355. The lowest BCUT2D eigenvalue weighted by Gasteiger charge is -2.39. The molecule has 0 amide bonds. The smallest absolute Gasteiger partial charge is 0.233 e. The van der Waals surface area contributed by atoms with Crippen molar-refractivity contribution in [3.63, 3.8) is 0 Å². The number of anilines is 2. The lowest BCUT2D eigenvalue weighted by atomic mass is 10.0. The summed E-state index contributed by atoms with van der Waals surface area (Å²) in [5.74, 6) is 0.967. The maximum absolute atomic E-state index is 5.54. The molecule has 3 N–H and O–H groups in total. The van der Waals surface area contributed by atoms with Crippen LogP contribution in [0.25, 0.3) is 0 Å². The normalized spacial score (nSPS) is 19.8. The zero-order valence-corrected chi connectivity index (χ0v) is 12.8. The number of nitrogens with zero attached hydrogens (tertiary/aromatic N) is 4. The van der Waals surface area contributed by atoms with E-state index in [1.807, 2.05) is 0 Å². The van der Waals surface area contributed by atoms with Gasteiger partial charge in [-0.3, -0.25) is 4.90 Å². The molecule has 6 nitrogen and oxygen atoms in total. The summed E-state index contributed by atoms with van der Waals surface area (Å²) >= 11 is 1.33. The molecule has 1 aliphatic heterocycles. The molecule has 0 aromatic carbocycles. The fourth-order valence-electron chi connectivity index (χ4n) is 2.44. The standard InChI is InChI=1S/C12H24N6S/c1-9(2)10(18-6-4-17(3)5-7-18)8-14-12-15-11(13)16-19-12/h9-10H,4-8H2,1-3H3,(H3,13,14,15,16). The van der Waals surface area contributed by atoms with E-state index in [0.29, 0.717) is 17.9 Å². The fraction of sp³-hybridized carbons (Fsp3) is 0.833. The Bertz CT molecular complexity index is 385. The van der Waals surface area contributed by atoms with Crippen LogP contribution in [0.3, 0.4) is 0 Å². The summed E-state index contributed by atoms with van der Waals surface area (Å²) < 4.78 is 3.99. The second-order valence-electron chi connectivity index (χ2n) is 5.49. The molecule has 2 heterocycles. The van der Waals surface area contributed by atoms with Gasteiger partial charge in [-0.25, -0.2) is 0 Å². The highest BCUT2D eigenvalue weighted by atomic mass is 32.1. The molecule has 19 heavy (non-hydrogen) atoms. The van der Waals surface area contributed by atoms with Gasteiger partial charge in [0.15, 0.2) is 0 Å². The first kappa shape index (κ1) is 14.5. The summed E-state index contributed by atoms with van der Waals surface area (Å²) in [6.07, 6.45) is 0. The van der Waals surface area contributed by atoms with Gasteiger partial charge in [-0.05, 0) is 13.0 Å². The molecule has 1 aromatic heterocycles. The molecule has 0 radical (unpaired) electrons. The van der Waals surface area contributed by atoms with Crippen LogP contribution in [0, 0.1) is 5.92 Å². The topological polar surface area (TPSA) is 70.3 Å². The Hall–Kier alpha value is -0.920. The van der Waals surface area contributed by atoms with Crippen molar-refractivity contribution >= 4 is 22.6 Å². The predicted molar refractivity (Wildman–Crippen MR) is 80.5 cm³/mol. The first-order valence-electron chi connectivity index (χ1n) is 6.82. The Morgan fingerprint density at radius 2 is 2.00 bits per heavy atom. The molecule has 0 saturated carbocycles. The Morgan fingerprint density at radius 1 is 1.32 bits per heavy atom. The first-order chi connectivity index (χ1) is 9.06. The minimum Gasteiger partial charge on any atom is -0.367 e. The average molecular weight is 284 g/mol. The first-order valence-corrected chi connectivity index (χ1v) is 7.59. The van der Waals surface area contributed by atoms with Crippen molar-refractivity contribution < 1.29 is 0 Å². The van der Waals surface area contributed by atoms with Gasteiger partial charge < -0.3 is 16.0 Å². The lowest BCUT2D eigenvalue weighted by Crippen LogP contribution is -2.52. The number of nitrogens with two attached hydrogens (primary N) is 1. The zero-order valence-electron chi connectivity index (χ0n) is 12.0. The molecule has 1 fully saturated rings. The van der Waals surface area contributed by atoms with Crippen molar-refractivity contribution in [2.45, 2.75) is 19.9 Å². The molecule has 1 atom stereocenters. The Labute approximate surface area is 119 Å². The average Bonchev–Trinajstić information content (AvgIpc) is 2.77. The lowest BCUT2D eigenvalue weighted by molar-refractivity contribution is 0.0944. The van der Waals surface area contributed by atoms with Crippen LogP contribution in [0.5, 0.6) is 0 Å². The van der Waals surface area contributed by atoms with Gasteiger partial charge in [0.1, 0.15) is 0 Å². The van der Waals surface area contributed by atoms with Crippen LogP contribution in [0.1, 0.15) is 13.8 Å². The van der Waals surface area contributed by atoms with Crippen LogP contribution < -0.4 is 11.1 Å². The summed E-state index contributed by atoms with van der Waals surface area (Å²) in [7, 11) is 2.18. The van der Waals surface area contributed by atoms with E-state index in [1.165, 1.54) is 11.5 Å². The van der Waals surface area contributed by atoms with E-state index in [2.05, 4.69) is 45.4 Å². The molecule has 1 unspecified atom stereocenters. The monoisotopic (exact) mass is 284 g/mol. The molecule has 2 rings (SSSR count). The van der Waals surface area contributed by atoms with Crippen molar-refractivity contribution in [3.05, 3.63) is 0 Å². The molecule has 1 aromatic rings. The molecule has 1 saturated heterocycles. The second-order valence-corrected chi connectivity index (χ2v) is 6.24. The SMILES string of the molecule is CC(C)C(CNc1nc(N)ns1)N1CCN(C)CC1. The van der Waals surface area contributed by atoms with Crippen LogP contribution in [-0.2, 0) is 0 Å². The van der Waals surface area contributed by atoms with Gasteiger partial charge in [0, 0.05) is 50.3 Å². The molecule has 7 heteroatoms. The van der Waals surface area contributed by atoms with E-state index in [4.69, 9.17) is 5.73 Å². The quantitative estimate of drug-likeness (QED) is 0.833. The van der Waals surface area contributed by atoms with Gasteiger partial charge in [-0.1, -0.05) is 13.8 Å². The summed E-state index contributed by atoms with van der Waals surface area (Å²) in [5, 5.41) is 4.18. The summed E-state index contributed by atoms with van der Waals surface area (Å²) in [5.41, 5.74) is 5.54. The van der Waals surface area contributed by atoms with Crippen LogP contribution in [0.15, 0.2) is 0 Å². The van der Waals surface area contributed by atoms with Crippen LogP contribution in [0.4, 0.5) is 11.1 Å². The van der Waals surface area contributed by atoms with Gasteiger partial charge in [0.2, 0.25) is 11.1 Å². The number of hydrogen-bond acceptors (Lipinski definition) is 7. The highest BCUT2D eigenvalue weighted by Gasteiger charge is 2.24. The molecule has 0 spiro atoms. The maximum Gasteiger partial charge on any atom is 0.233 e. The Morgan fingerprint density at radius 3 is 2.53 bits per heavy atom. The Kier molecular flexibility index (Phi) is 4.95. The molecular formula is C12H24N6S. The molecule has 108 valence electrons. The van der Waals surface area contributed by atoms with Crippen molar-refractivity contribution in [2.75, 3.05) is 50.8 Å². The highest BCUT2D eigenvalue weighted by Crippen LogP contribution is 2.17. The molecule has 0 aliphatic carbocycles. The predicted octanol–water partition coefficient (Wildman–Crippen LogP) is 0.804. The van der Waals surface area contributed by atoms with Crippen LogP contribution in [0.2, 0.25) is 0 Å². The highest BCUT2D eigenvalue weighted by molar-refractivity contribution is 7.09. The number of rotatable bonds is 5. The summed E-state index contributed by atoms with van der Waals surface area (Å²) in [6, 6.07) is 0.527. The number of nitrogen functional groups attached to an aromatic ring is 1. The summed E-state index contributed by atoms with van der Waals surface area (Å²) in [4.78, 5) is 9.10. The van der Waals surface area contributed by atoms with Crippen LogP contribution in [-0.4, -0.2) is 65.0 Å². The number of piperazine rings is 1. The second kappa shape index (κ2) is 6.49. The third-order valence-electron chi connectivity index (χ3n) is 3.68. The van der Waals surface area contributed by atoms with Gasteiger partial charge in [-0.2, -0.15) is 9.36 Å². The number of likely N-dealkylation sites (N-methyl/N-ethyl adjacent to an activating group) is 1. The van der Waals surface area contributed by atoms with Gasteiger partial charge in [-0.15, -0.1) is 0 Å². The third kappa shape index (κ3) is 4.02. The van der Waals surface area contributed by atoms with Crippen LogP contribution >= 0.6 is 11.5 Å². The zero-order chi connectivity index (χ0) is 13.8. The number of nitrogens with one attached hydrogen (secondary N) is 1. The van der Waals surface area contributed by atoms with Gasteiger partial charge in [0.25, 0.3) is 0 Å². The van der Waals surface area contributed by atoms with Crippen molar-refractivity contribution in [2.24, 2.45) is 5.92 Å². The van der Waals surface area contributed by atoms with E-state index in [-0.39, 0.29) is 0 Å². The fourth-order valence-corrected chi connectivity index (χ4v) is 2.94. The molecule has 0 bridgehead atoms. The van der Waals surface area contributed by atoms with E-state index in [1.54, 1.807) is 0 Å². The third-order valence-corrected chi connectivity index (χ3v) is 4.37. The largest absolute Gasteiger partial charge is 0.367 e. The Balaban J connectivity index is 1.89. The van der Waals surface area contributed by atoms with E-state index < -0.39 is 0 Å². The van der Waals surface area contributed by atoms with E-state index in [0.717, 1.165) is 37.9 Å². The van der Waals surface area contributed by atoms with E-state index in [9.17, 15) is 0 Å². The van der Waals surface area contributed by atoms with Gasteiger partial charge >= 0.3 is 0 Å². The van der Waals surface area contributed by atoms with Crippen molar-refractivity contribution in [3.8, 4) is 0 Å². The minimum absolute atomic E-state index is 0.355. The number of aromatic nitrogens is 2.